The van der Waals surface area contributed by atoms with Crippen LogP contribution in [0, 0.1) is 23.7 Å². The molecule has 8 nitrogen and oxygen atoms in total. The highest BCUT2D eigenvalue weighted by molar-refractivity contribution is 5.85. The van der Waals surface area contributed by atoms with Crippen LogP contribution in [0.25, 0.3) is 0 Å². The number of esters is 1. The summed E-state index contributed by atoms with van der Waals surface area (Å²) >= 11 is 0. The summed E-state index contributed by atoms with van der Waals surface area (Å²) in [5.74, 6) is 11.5. The second-order valence-electron chi connectivity index (χ2n) is 10.5. The van der Waals surface area contributed by atoms with Crippen LogP contribution in [-0.2, 0) is 23.8 Å². The van der Waals surface area contributed by atoms with Crippen molar-refractivity contribution in [1.82, 2.24) is 0 Å². The average molecular weight is 647 g/mol. The zero-order valence-electron chi connectivity index (χ0n) is 27.8. The fraction of sp³-hybridized carbons (Fsp3) is 0.829. The first kappa shape index (κ1) is 46.6. The first-order valence-corrected chi connectivity index (χ1v) is 16.6. The van der Waals surface area contributed by atoms with Crippen LogP contribution in [0.5, 0.6) is 0 Å². The number of ether oxygens (including phenoxy) is 3. The van der Waals surface area contributed by atoms with Gasteiger partial charge in [0.2, 0.25) is 0 Å². The van der Waals surface area contributed by atoms with Gasteiger partial charge in [-0.25, -0.2) is 0 Å². The highest BCUT2D eigenvalue weighted by Gasteiger charge is 2.13. The Labute approximate surface area is 274 Å². The van der Waals surface area contributed by atoms with Crippen LogP contribution >= 0.6 is 12.4 Å². The maximum atomic E-state index is 10.8. The molecule has 1 heterocycles. The van der Waals surface area contributed by atoms with Crippen LogP contribution in [-0.4, -0.2) is 67.6 Å². The van der Waals surface area contributed by atoms with Crippen molar-refractivity contribution in [3.8, 4) is 23.7 Å². The number of rotatable bonds is 22. The van der Waals surface area contributed by atoms with Crippen molar-refractivity contribution in [2.24, 2.45) is 0 Å². The Morgan fingerprint density at radius 1 is 0.705 bits per heavy atom. The van der Waals surface area contributed by atoms with E-state index in [9.17, 15) is 9.59 Å². The SMILES string of the molecule is CO.COC(=O)CCCC#CCCCCCCCCO.Cl.O=C(O)CCCC#CCCCCCCCCOC1CCCCO1. The highest BCUT2D eigenvalue weighted by Crippen LogP contribution is 2.14. The van der Waals surface area contributed by atoms with Crippen molar-refractivity contribution in [2.75, 3.05) is 34.0 Å². The Kier molecular flexibility index (Phi) is 43.6. The summed E-state index contributed by atoms with van der Waals surface area (Å²) in [6.07, 6.45) is 23.2. The van der Waals surface area contributed by atoms with Gasteiger partial charge in [-0.2, -0.15) is 0 Å². The topological polar surface area (TPSA) is 123 Å². The lowest BCUT2D eigenvalue weighted by atomic mass is 10.1. The van der Waals surface area contributed by atoms with Gasteiger partial charge < -0.3 is 29.5 Å². The van der Waals surface area contributed by atoms with Gasteiger partial charge in [0, 0.05) is 65.5 Å². The molecule has 0 aliphatic carbocycles. The predicted octanol–water partition coefficient (Wildman–Crippen LogP) is 7.61. The Morgan fingerprint density at radius 3 is 1.66 bits per heavy atom. The third-order valence-corrected chi connectivity index (χ3v) is 6.70. The quantitative estimate of drug-likeness (QED) is 0.0624. The summed E-state index contributed by atoms with van der Waals surface area (Å²) in [6.45, 7) is 2.00. The Hall–Kier alpha value is -1.81. The smallest absolute Gasteiger partial charge is 0.305 e. The Balaban J connectivity index is -0.000000727. The van der Waals surface area contributed by atoms with E-state index in [1.165, 1.54) is 64.9 Å². The molecule has 0 spiro atoms. The summed E-state index contributed by atoms with van der Waals surface area (Å²) in [5.41, 5.74) is 0. The highest BCUT2D eigenvalue weighted by atomic mass is 35.5. The summed E-state index contributed by atoms with van der Waals surface area (Å²) in [5, 5.41) is 24.1. The molecule has 3 N–H and O–H groups in total. The van der Waals surface area contributed by atoms with Crippen molar-refractivity contribution >= 4 is 24.3 Å². The number of carboxylic acid groups (broad SMARTS) is 1. The fourth-order valence-electron chi connectivity index (χ4n) is 4.22. The van der Waals surface area contributed by atoms with Crippen LogP contribution < -0.4 is 0 Å². The fourth-order valence-corrected chi connectivity index (χ4v) is 4.22. The van der Waals surface area contributed by atoms with Crippen molar-refractivity contribution in [2.45, 2.75) is 154 Å². The minimum Gasteiger partial charge on any atom is -0.481 e. The molecular formula is C35H63ClO8. The zero-order valence-corrected chi connectivity index (χ0v) is 28.6. The van der Waals surface area contributed by atoms with Gasteiger partial charge >= 0.3 is 11.9 Å². The number of methoxy groups -OCH3 is 1. The number of carboxylic acids is 1. The van der Waals surface area contributed by atoms with E-state index in [4.69, 9.17) is 24.8 Å². The van der Waals surface area contributed by atoms with Crippen LogP contribution in [0.4, 0.5) is 0 Å². The number of hydrogen-bond donors (Lipinski definition) is 3. The molecule has 1 aliphatic rings. The molecule has 0 radical (unpaired) electrons. The molecule has 0 bridgehead atoms. The molecule has 1 aliphatic heterocycles. The van der Waals surface area contributed by atoms with Crippen LogP contribution in [0.3, 0.4) is 0 Å². The number of aliphatic hydroxyl groups excluding tert-OH is 2. The third-order valence-electron chi connectivity index (χ3n) is 6.70. The maximum Gasteiger partial charge on any atom is 0.305 e. The molecule has 258 valence electrons. The number of unbranched alkanes of at least 4 members (excludes halogenated alkanes) is 14. The van der Waals surface area contributed by atoms with Gasteiger partial charge in [0.15, 0.2) is 6.29 Å². The lowest BCUT2D eigenvalue weighted by Crippen LogP contribution is -2.22. The number of hydrogen-bond acceptors (Lipinski definition) is 7. The summed E-state index contributed by atoms with van der Waals surface area (Å²) < 4.78 is 15.8. The molecule has 1 unspecified atom stereocenters. The third kappa shape index (κ3) is 40.2. The van der Waals surface area contributed by atoms with Crippen molar-refractivity contribution in [3.05, 3.63) is 0 Å². The van der Waals surface area contributed by atoms with Gasteiger partial charge in [0.1, 0.15) is 0 Å². The van der Waals surface area contributed by atoms with Crippen molar-refractivity contribution < 1.29 is 39.1 Å². The molecule has 1 saturated heterocycles. The van der Waals surface area contributed by atoms with Crippen LogP contribution in [0.2, 0.25) is 0 Å². The number of aliphatic hydroxyl groups is 2. The van der Waals surface area contributed by atoms with Gasteiger partial charge in [0.25, 0.3) is 0 Å². The summed E-state index contributed by atoms with van der Waals surface area (Å²) in [7, 11) is 2.41. The minimum absolute atomic E-state index is 0. The number of carbonyl (C=O) groups excluding carboxylic acids is 1. The number of halogens is 1. The Bertz CT molecular complexity index is 732. The van der Waals surface area contributed by atoms with E-state index in [1.807, 2.05) is 0 Å². The molecular weight excluding hydrogens is 584 g/mol. The number of aliphatic carboxylic acids is 1. The van der Waals surface area contributed by atoms with Crippen LogP contribution in [0.1, 0.15) is 148 Å². The van der Waals surface area contributed by atoms with Gasteiger partial charge in [0.05, 0.1) is 7.11 Å². The van der Waals surface area contributed by atoms with E-state index in [0.29, 0.717) is 25.9 Å². The normalized spacial score (nSPS) is 13.2. The van der Waals surface area contributed by atoms with Crippen molar-refractivity contribution in [3.63, 3.8) is 0 Å². The number of carbonyl (C=O) groups is 2. The first-order chi connectivity index (χ1) is 21.1. The van der Waals surface area contributed by atoms with E-state index in [1.54, 1.807) is 0 Å². The molecule has 9 heteroatoms. The molecule has 1 atom stereocenters. The maximum absolute atomic E-state index is 10.8. The standard InChI is InChI=1S/C19H32O4.C15H26O3.CH4O.ClH/c20-18(21)14-10-8-6-4-2-1-3-5-7-9-12-16-22-19-15-11-13-17-23-19;1-18-15(17)13-11-9-7-5-3-2-4-6-8-10-12-14-16;1-2;/h19H,1-3,5,7-17H2,(H,20,21);16H,2-4,6,8-14H2,1H3;2H,1H3;1H. The first-order valence-electron chi connectivity index (χ1n) is 16.6. The molecule has 0 amide bonds. The summed E-state index contributed by atoms with van der Waals surface area (Å²) in [6, 6.07) is 0. The summed E-state index contributed by atoms with van der Waals surface area (Å²) in [4.78, 5) is 21.1. The average Bonchev–Trinajstić information content (AvgIpc) is 3.03. The molecule has 44 heavy (non-hydrogen) atoms. The predicted molar refractivity (Wildman–Crippen MR) is 180 cm³/mol. The van der Waals surface area contributed by atoms with E-state index in [2.05, 4.69) is 28.4 Å². The van der Waals surface area contributed by atoms with E-state index in [0.717, 1.165) is 84.5 Å². The van der Waals surface area contributed by atoms with Gasteiger partial charge in [-0.05, 0) is 57.8 Å². The molecule has 0 saturated carbocycles. The molecule has 0 aromatic heterocycles. The molecule has 0 aromatic carbocycles. The van der Waals surface area contributed by atoms with Crippen LogP contribution in [0.15, 0.2) is 0 Å². The van der Waals surface area contributed by atoms with Crippen molar-refractivity contribution in [1.29, 1.82) is 0 Å². The van der Waals surface area contributed by atoms with E-state index < -0.39 is 5.97 Å². The molecule has 0 aromatic rings. The lowest BCUT2D eigenvalue weighted by molar-refractivity contribution is -0.162. The second kappa shape index (κ2) is 41.2. The molecule has 1 rings (SSSR count). The minimum atomic E-state index is -0.733. The largest absolute Gasteiger partial charge is 0.481 e. The lowest BCUT2D eigenvalue weighted by Gasteiger charge is -2.22. The van der Waals surface area contributed by atoms with E-state index in [-0.39, 0.29) is 31.1 Å². The monoisotopic (exact) mass is 646 g/mol. The zero-order chi connectivity index (χ0) is 32.1. The molecule has 1 fully saturated rings. The van der Waals surface area contributed by atoms with Gasteiger partial charge in [-0.1, -0.05) is 51.4 Å². The Morgan fingerprint density at radius 2 is 1.18 bits per heavy atom. The van der Waals surface area contributed by atoms with Gasteiger partial charge in [-0.3, -0.25) is 9.59 Å². The van der Waals surface area contributed by atoms with Gasteiger partial charge in [-0.15, -0.1) is 36.1 Å². The second-order valence-corrected chi connectivity index (χ2v) is 10.5. The van der Waals surface area contributed by atoms with E-state index >= 15 is 0 Å².